The second-order valence-corrected chi connectivity index (χ2v) is 3.88. The van der Waals surface area contributed by atoms with E-state index in [0.29, 0.717) is 16.9 Å². The second kappa shape index (κ2) is 3.46. The lowest BCUT2D eigenvalue weighted by atomic mass is 9.68. The molecule has 0 saturated carbocycles. The third-order valence-electron chi connectivity index (χ3n) is 3.07. The Morgan fingerprint density at radius 1 is 1.38 bits per heavy atom. The summed E-state index contributed by atoms with van der Waals surface area (Å²) in [6.07, 6.45) is 0. The summed E-state index contributed by atoms with van der Waals surface area (Å²) >= 11 is 0. The number of Topliss-reactive ketones (excluding diaryl/α,β-unsaturated/α-hetero) is 1. The van der Waals surface area contributed by atoms with Crippen LogP contribution < -0.4 is 4.74 Å². The van der Waals surface area contributed by atoms with Crippen LogP contribution in [0, 0.1) is 0 Å². The maximum atomic E-state index is 12.1. The van der Waals surface area contributed by atoms with Crippen LogP contribution in [0.4, 0.5) is 0 Å². The smallest absolute Gasteiger partial charge is 0.204 e. The fraction of sp³-hybridized carbons (Fsp3) is 0.308. The Bertz CT molecular complexity index is 476. The second-order valence-electron chi connectivity index (χ2n) is 3.88. The predicted octanol–water partition coefficient (Wildman–Crippen LogP) is 2.31. The normalized spacial score (nSPS) is 22.3. The zero-order chi connectivity index (χ0) is 11.9. The van der Waals surface area contributed by atoms with E-state index in [1.165, 1.54) is 7.11 Å². The molecule has 3 nitrogen and oxygen atoms in total. The molecular weight excluding hydrogens is 204 g/mol. The van der Waals surface area contributed by atoms with Gasteiger partial charge >= 0.3 is 0 Å². The lowest BCUT2D eigenvalue weighted by Gasteiger charge is -2.42. The van der Waals surface area contributed by atoms with Crippen molar-refractivity contribution in [3.8, 4) is 5.75 Å². The van der Waals surface area contributed by atoms with E-state index in [1.54, 1.807) is 26.2 Å². The summed E-state index contributed by atoms with van der Waals surface area (Å²) in [5, 5.41) is 0. The number of ether oxygens (including phenoxy) is 2. The fourth-order valence-electron chi connectivity index (χ4n) is 2.27. The molecule has 3 heteroatoms. The lowest BCUT2D eigenvalue weighted by molar-refractivity contribution is 0.00743. The van der Waals surface area contributed by atoms with Crippen LogP contribution in [0.5, 0.6) is 5.75 Å². The first kappa shape index (κ1) is 10.9. The van der Waals surface area contributed by atoms with Gasteiger partial charge in [0.15, 0.2) is 5.60 Å². The monoisotopic (exact) mass is 218 g/mol. The fourth-order valence-corrected chi connectivity index (χ4v) is 2.27. The molecule has 0 fully saturated rings. The van der Waals surface area contributed by atoms with E-state index in [1.807, 2.05) is 6.07 Å². The Balaban J connectivity index is 2.69. The van der Waals surface area contributed by atoms with Gasteiger partial charge in [-0.3, -0.25) is 4.79 Å². The van der Waals surface area contributed by atoms with Crippen molar-refractivity contribution in [3.63, 3.8) is 0 Å². The van der Waals surface area contributed by atoms with Crippen molar-refractivity contribution >= 4 is 5.78 Å². The molecule has 1 atom stereocenters. The van der Waals surface area contributed by atoms with Crippen molar-refractivity contribution in [2.45, 2.75) is 12.5 Å². The molecule has 2 rings (SSSR count). The van der Waals surface area contributed by atoms with Gasteiger partial charge in [0.2, 0.25) is 5.78 Å². The molecule has 84 valence electrons. The molecule has 0 bridgehead atoms. The quantitative estimate of drug-likeness (QED) is 0.730. The van der Waals surface area contributed by atoms with Gasteiger partial charge in [0.05, 0.1) is 7.11 Å². The van der Waals surface area contributed by atoms with Crippen molar-refractivity contribution < 1.29 is 14.3 Å². The molecule has 1 aromatic carbocycles. The zero-order valence-corrected chi connectivity index (χ0v) is 9.66. The summed E-state index contributed by atoms with van der Waals surface area (Å²) in [5.74, 6) is 0.623. The minimum absolute atomic E-state index is 0.0450. The highest BCUT2D eigenvalue weighted by atomic mass is 16.5. The van der Waals surface area contributed by atoms with Crippen LogP contribution in [-0.4, -0.2) is 20.0 Å². The number of fused-ring (bicyclic) bond motifs is 1. The van der Waals surface area contributed by atoms with Crippen molar-refractivity contribution in [2.75, 3.05) is 14.2 Å². The van der Waals surface area contributed by atoms with Crippen molar-refractivity contribution in [1.29, 1.82) is 0 Å². The number of benzene rings is 1. The number of rotatable bonds is 3. The maximum absolute atomic E-state index is 12.1. The van der Waals surface area contributed by atoms with Crippen LogP contribution >= 0.6 is 0 Å². The van der Waals surface area contributed by atoms with Gasteiger partial charge in [-0.1, -0.05) is 18.7 Å². The molecule has 0 aliphatic heterocycles. The van der Waals surface area contributed by atoms with Gasteiger partial charge in [-0.2, -0.15) is 0 Å². The Kier molecular flexibility index (Phi) is 2.35. The number of carbonyl (C=O) groups is 1. The van der Waals surface area contributed by atoms with Gasteiger partial charge in [-0.05, 0) is 18.6 Å². The van der Waals surface area contributed by atoms with E-state index >= 15 is 0 Å². The molecule has 1 aliphatic carbocycles. The number of hydrogen-bond acceptors (Lipinski definition) is 3. The largest absolute Gasteiger partial charge is 0.496 e. The highest BCUT2D eigenvalue weighted by molar-refractivity contribution is 6.15. The molecule has 1 aliphatic rings. The molecule has 0 aromatic heterocycles. The molecule has 16 heavy (non-hydrogen) atoms. The van der Waals surface area contributed by atoms with Crippen LogP contribution in [0.25, 0.3) is 0 Å². The van der Waals surface area contributed by atoms with Gasteiger partial charge in [0, 0.05) is 18.2 Å². The summed E-state index contributed by atoms with van der Waals surface area (Å²) in [5.41, 5.74) is 1.11. The van der Waals surface area contributed by atoms with Gasteiger partial charge in [0.25, 0.3) is 0 Å². The molecule has 0 radical (unpaired) electrons. The van der Waals surface area contributed by atoms with Crippen LogP contribution in [0.2, 0.25) is 0 Å². The molecule has 0 saturated heterocycles. The first-order chi connectivity index (χ1) is 7.59. The van der Waals surface area contributed by atoms with E-state index in [2.05, 4.69) is 6.58 Å². The van der Waals surface area contributed by atoms with Gasteiger partial charge in [-0.25, -0.2) is 0 Å². The number of hydrogen-bond donors (Lipinski definition) is 0. The van der Waals surface area contributed by atoms with E-state index in [0.717, 1.165) is 5.56 Å². The summed E-state index contributed by atoms with van der Waals surface area (Å²) in [6, 6.07) is 5.40. The van der Waals surface area contributed by atoms with E-state index in [9.17, 15) is 4.79 Å². The minimum atomic E-state index is -1.01. The highest BCUT2D eigenvalue weighted by Crippen LogP contribution is 2.50. The van der Waals surface area contributed by atoms with Crippen LogP contribution in [0.15, 0.2) is 30.4 Å². The topological polar surface area (TPSA) is 35.5 Å². The summed E-state index contributed by atoms with van der Waals surface area (Å²) in [7, 11) is 3.10. The van der Waals surface area contributed by atoms with Crippen LogP contribution in [-0.2, 0) is 10.3 Å². The average molecular weight is 218 g/mol. The van der Waals surface area contributed by atoms with Crippen LogP contribution in [0.3, 0.4) is 0 Å². The van der Waals surface area contributed by atoms with Gasteiger partial charge < -0.3 is 9.47 Å². The predicted molar refractivity (Wildman–Crippen MR) is 60.8 cm³/mol. The highest BCUT2D eigenvalue weighted by Gasteiger charge is 2.54. The summed E-state index contributed by atoms with van der Waals surface area (Å²) in [6.45, 7) is 5.63. The van der Waals surface area contributed by atoms with E-state index < -0.39 is 5.60 Å². The SMILES string of the molecule is C=C(C)C1(OC)C(=O)c2cccc(OC)c21. The third-order valence-corrected chi connectivity index (χ3v) is 3.07. The minimum Gasteiger partial charge on any atom is -0.496 e. The molecule has 0 amide bonds. The molecule has 0 spiro atoms. The van der Waals surface area contributed by atoms with Crippen molar-refractivity contribution in [2.24, 2.45) is 0 Å². The maximum Gasteiger partial charge on any atom is 0.204 e. The zero-order valence-electron chi connectivity index (χ0n) is 9.66. The molecule has 0 heterocycles. The molecule has 1 aromatic rings. The van der Waals surface area contributed by atoms with Gasteiger partial charge in [-0.15, -0.1) is 0 Å². The summed E-state index contributed by atoms with van der Waals surface area (Å²) in [4.78, 5) is 12.1. The third kappa shape index (κ3) is 1.04. The Labute approximate surface area is 94.7 Å². The Morgan fingerprint density at radius 2 is 2.06 bits per heavy atom. The summed E-state index contributed by atoms with van der Waals surface area (Å²) < 4.78 is 10.6. The molecular formula is C13H14O3. The van der Waals surface area contributed by atoms with Crippen molar-refractivity contribution in [3.05, 3.63) is 41.5 Å². The van der Waals surface area contributed by atoms with Crippen molar-refractivity contribution in [1.82, 2.24) is 0 Å². The standard InChI is InChI=1S/C13H14O3/c1-8(2)13(16-4)11-9(12(13)14)6-5-7-10(11)15-3/h5-7H,1H2,2-4H3. The molecule has 0 N–H and O–H groups in total. The van der Waals surface area contributed by atoms with Crippen LogP contribution in [0.1, 0.15) is 22.8 Å². The van der Waals surface area contributed by atoms with E-state index in [-0.39, 0.29) is 5.78 Å². The van der Waals surface area contributed by atoms with E-state index in [4.69, 9.17) is 9.47 Å². The number of carbonyl (C=O) groups excluding carboxylic acids is 1. The lowest BCUT2D eigenvalue weighted by Crippen LogP contribution is -2.48. The number of methoxy groups -OCH3 is 2. The first-order valence-corrected chi connectivity index (χ1v) is 5.03. The first-order valence-electron chi connectivity index (χ1n) is 5.03. The Morgan fingerprint density at radius 3 is 2.56 bits per heavy atom. The Hall–Kier alpha value is -1.61. The average Bonchev–Trinajstić information content (AvgIpc) is 2.29. The molecule has 1 unspecified atom stereocenters. The number of ketones is 1. The van der Waals surface area contributed by atoms with Gasteiger partial charge in [0.1, 0.15) is 5.75 Å².